The van der Waals surface area contributed by atoms with Gasteiger partial charge in [0, 0.05) is 37.2 Å². The highest BCUT2D eigenvalue weighted by molar-refractivity contribution is 7.13. The van der Waals surface area contributed by atoms with E-state index < -0.39 is 5.60 Å². The predicted molar refractivity (Wildman–Crippen MR) is 133 cm³/mol. The molecular weight excluding hydrogens is 462 g/mol. The Labute approximate surface area is 206 Å². The molecule has 3 N–H and O–H groups in total. The summed E-state index contributed by atoms with van der Waals surface area (Å²) in [6.07, 6.45) is 7.13. The molecule has 35 heavy (non-hydrogen) atoms. The summed E-state index contributed by atoms with van der Waals surface area (Å²) >= 11 is 1.50. The second kappa shape index (κ2) is 8.54. The van der Waals surface area contributed by atoms with Crippen LogP contribution >= 0.6 is 11.3 Å². The van der Waals surface area contributed by atoms with E-state index in [2.05, 4.69) is 20.5 Å². The lowest BCUT2D eigenvalue weighted by Gasteiger charge is -2.22. The van der Waals surface area contributed by atoms with Crippen LogP contribution in [0.4, 0.5) is 5.95 Å². The highest BCUT2D eigenvalue weighted by Crippen LogP contribution is 2.36. The quantitative estimate of drug-likeness (QED) is 0.394. The molecule has 0 radical (unpaired) electrons. The largest absolute Gasteiger partial charge is 0.375 e. The number of hydrogen-bond donors (Lipinski definition) is 3. The molecule has 2 atom stereocenters. The maximum absolute atomic E-state index is 12.5. The number of thiazole rings is 1. The minimum atomic E-state index is -1.48. The number of likely N-dealkylation sites (tertiary alicyclic amines) is 1. The van der Waals surface area contributed by atoms with Gasteiger partial charge < -0.3 is 15.3 Å². The van der Waals surface area contributed by atoms with E-state index in [0.717, 1.165) is 46.9 Å². The summed E-state index contributed by atoms with van der Waals surface area (Å²) in [6, 6.07) is 9.41. The maximum Gasteiger partial charge on any atom is 0.258 e. The van der Waals surface area contributed by atoms with Crippen LogP contribution in [0.15, 0.2) is 48.1 Å². The van der Waals surface area contributed by atoms with Crippen LogP contribution in [0, 0.1) is 0 Å². The fourth-order valence-corrected chi connectivity index (χ4v) is 5.70. The zero-order chi connectivity index (χ0) is 24.0. The van der Waals surface area contributed by atoms with Gasteiger partial charge in [-0.1, -0.05) is 18.2 Å². The highest BCUT2D eigenvalue weighted by Gasteiger charge is 2.45. The zero-order valence-electron chi connectivity index (χ0n) is 19.2. The van der Waals surface area contributed by atoms with Crippen LogP contribution in [0.25, 0.3) is 22.0 Å². The highest BCUT2D eigenvalue weighted by atomic mass is 32.1. The molecule has 1 saturated heterocycles. The van der Waals surface area contributed by atoms with Gasteiger partial charge in [0.1, 0.15) is 10.7 Å². The minimum Gasteiger partial charge on any atom is -0.375 e. The molecule has 6 rings (SSSR count). The SMILES string of the molecule is CN1CC[C@@](O)(c2cccc(-c3nc(-c4ccnc(N[C@@H]5CCCc6cn[nH]c65)n4)cs3)c2)C1=O. The third-order valence-corrected chi connectivity index (χ3v) is 7.75. The fourth-order valence-electron chi connectivity index (χ4n) is 4.89. The number of H-pyrrole nitrogens is 1. The van der Waals surface area contributed by atoms with Crippen molar-refractivity contribution in [3.8, 4) is 22.0 Å². The lowest BCUT2D eigenvalue weighted by molar-refractivity contribution is -0.143. The average Bonchev–Trinajstić information content (AvgIpc) is 3.62. The van der Waals surface area contributed by atoms with E-state index >= 15 is 0 Å². The molecule has 4 aromatic rings. The van der Waals surface area contributed by atoms with Gasteiger partial charge in [-0.2, -0.15) is 5.10 Å². The first-order valence-corrected chi connectivity index (χ1v) is 12.6. The molecule has 2 aliphatic rings. The second-order valence-corrected chi connectivity index (χ2v) is 9.98. The number of nitrogens with one attached hydrogen (secondary N) is 2. The van der Waals surface area contributed by atoms with Crippen LogP contribution in [0.5, 0.6) is 0 Å². The van der Waals surface area contributed by atoms with Gasteiger partial charge in [0.15, 0.2) is 5.60 Å². The number of carbonyl (C=O) groups excluding carboxylic acids is 1. The first kappa shape index (κ1) is 21.9. The topological polar surface area (TPSA) is 120 Å². The number of hydrogen-bond acceptors (Lipinski definition) is 8. The summed E-state index contributed by atoms with van der Waals surface area (Å²) in [5, 5.41) is 24.5. The molecule has 1 amide bonds. The van der Waals surface area contributed by atoms with Crippen molar-refractivity contribution < 1.29 is 9.90 Å². The van der Waals surface area contributed by atoms with Crippen LogP contribution < -0.4 is 5.32 Å². The average molecular weight is 488 g/mol. The number of aromatic nitrogens is 5. The number of fused-ring (bicyclic) bond motifs is 1. The Balaban J connectivity index is 1.25. The Hall–Kier alpha value is -3.63. The molecule has 1 fully saturated rings. The van der Waals surface area contributed by atoms with Gasteiger partial charge >= 0.3 is 0 Å². The molecule has 0 saturated carbocycles. The summed E-state index contributed by atoms with van der Waals surface area (Å²) in [7, 11) is 1.71. The van der Waals surface area contributed by atoms with Gasteiger partial charge in [-0.05, 0) is 42.5 Å². The summed E-state index contributed by atoms with van der Waals surface area (Å²) in [5.74, 6) is 0.285. The number of benzene rings is 1. The summed E-state index contributed by atoms with van der Waals surface area (Å²) < 4.78 is 0. The Morgan fingerprint density at radius 2 is 2.17 bits per heavy atom. The Bertz CT molecular complexity index is 1400. The molecule has 0 unspecified atom stereocenters. The molecule has 1 aromatic carbocycles. The molecule has 1 aliphatic heterocycles. The van der Waals surface area contributed by atoms with E-state index in [1.165, 1.54) is 16.9 Å². The lowest BCUT2D eigenvalue weighted by Crippen LogP contribution is -2.36. The monoisotopic (exact) mass is 487 g/mol. The lowest BCUT2D eigenvalue weighted by atomic mass is 9.91. The van der Waals surface area contributed by atoms with Crippen LogP contribution in [0.2, 0.25) is 0 Å². The van der Waals surface area contributed by atoms with Gasteiger partial charge in [0.25, 0.3) is 5.91 Å². The number of anilines is 1. The van der Waals surface area contributed by atoms with Gasteiger partial charge in [-0.25, -0.2) is 15.0 Å². The van der Waals surface area contributed by atoms with Crippen molar-refractivity contribution in [1.29, 1.82) is 0 Å². The maximum atomic E-state index is 12.5. The number of amides is 1. The van der Waals surface area contributed by atoms with Crippen molar-refractivity contribution in [2.24, 2.45) is 0 Å². The zero-order valence-corrected chi connectivity index (χ0v) is 20.0. The molecular formula is C25H25N7O2S. The van der Waals surface area contributed by atoms with Crippen molar-refractivity contribution in [2.45, 2.75) is 37.3 Å². The van der Waals surface area contributed by atoms with Crippen molar-refractivity contribution >= 4 is 23.2 Å². The van der Waals surface area contributed by atoms with Crippen molar-refractivity contribution in [3.63, 3.8) is 0 Å². The first-order valence-electron chi connectivity index (χ1n) is 11.7. The van der Waals surface area contributed by atoms with E-state index in [1.807, 2.05) is 35.8 Å². The predicted octanol–water partition coefficient (Wildman–Crippen LogP) is 3.53. The molecule has 178 valence electrons. The van der Waals surface area contributed by atoms with Crippen LogP contribution in [-0.2, 0) is 16.8 Å². The number of likely N-dealkylation sites (N-methyl/N-ethyl adjacent to an activating group) is 1. The minimum absolute atomic E-state index is 0.105. The molecule has 1 aliphatic carbocycles. The number of aryl methyl sites for hydroxylation is 1. The molecule has 3 aromatic heterocycles. The Morgan fingerprint density at radius 3 is 3.03 bits per heavy atom. The Kier molecular flexibility index (Phi) is 5.34. The van der Waals surface area contributed by atoms with Crippen molar-refractivity contribution in [2.75, 3.05) is 18.9 Å². The second-order valence-electron chi connectivity index (χ2n) is 9.12. The van der Waals surface area contributed by atoms with Crippen LogP contribution in [0.1, 0.15) is 42.1 Å². The van der Waals surface area contributed by atoms with Gasteiger partial charge in [0.05, 0.1) is 23.6 Å². The third kappa shape index (κ3) is 3.88. The molecule has 0 spiro atoms. The van der Waals surface area contributed by atoms with Crippen LogP contribution in [0.3, 0.4) is 0 Å². The number of aliphatic hydroxyl groups is 1. The van der Waals surface area contributed by atoms with E-state index in [4.69, 9.17) is 9.97 Å². The third-order valence-electron chi connectivity index (χ3n) is 6.86. The van der Waals surface area contributed by atoms with Crippen molar-refractivity contribution in [3.05, 3.63) is 64.9 Å². The molecule has 0 bridgehead atoms. The first-order chi connectivity index (χ1) is 17.0. The van der Waals surface area contributed by atoms with E-state index in [-0.39, 0.29) is 11.9 Å². The van der Waals surface area contributed by atoms with Crippen molar-refractivity contribution in [1.82, 2.24) is 30.0 Å². The number of aromatic amines is 1. The number of rotatable bonds is 5. The standard InChI is InChI=1S/C25H25N7O2S/c1-32-11-9-25(34,23(32)33)17-6-2-4-15(12-17)22-28-20(14-35-22)18-8-10-26-24(29-18)30-19-7-3-5-16-13-27-31-21(16)19/h2,4,6,8,10,12-14,19,34H,3,5,7,9,11H2,1H3,(H,27,31)(H,26,29,30)/t19-,25-/m1/s1. The van der Waals surface area contributed by atoms with E-state index in [0.29, 0.717) is 24.5 Å². The molecule has 4 heterocycles. The van der Waals surface area contributed by atoms with Gasteiger partial charge in [0.2, 0.25) is 5.95 Å². The van der Waals surface area contributed by atoms with E-state index in [9.17, 15) is 9.90 Å². The number of nitrogens with zero attached hydrogens (tertiary/aromatic N) is 5. The smallest absolute Gasteiger partial charge is 0.258 e. The Morgan fingerprint density at radius 1 is 1.26 bits per heavy atom. The normalized spacial score (nSPS) is 21.8. The van der Waals surface area contributed by atoms with E-state index in [1.54, 1.807) is 24.2 Å². The summed E-state index contributed by atoms with van der Waals surface area (Å²) in [4.78, 5) is 28.0. The molecule has 9 nitrogen and oxygen atoms in total. The van der Waals surface area contributed by atoms with Gasteiger partial charge in [-0.15, -0.1) is 11.3 Å². The number of carbonyl (C=O) groups is 1. The molecule has 10 heteroatoms. The fraction of sp³-hybridized carbons (Fsp3) is 0.320. The van der Waals surface area contributed by atoms with Gasteiger partial charge in [-0.3, -0.25) is 9.89 Å². The summed E-state index contributed by atoms with van der Waals surface area (Å²) in [5.41, 5.74) is 3.80. The summed E-state index contributed by atoms with van der Waals surface area (Å²) in [6.45, 7) is 0.535. The van der Waals surface area contributed by atoms with Crippen LogP contribution in [-0.4, -0.2) is 54.7 Å².